The SMILES string of the molecule is CCCCCCc1ccc(Nc2ccc3c(c2)Sc2ccccc2S3)c(-c2ccccc2)c1. The molecule has 1 aliphatic rings. The van der Waals surface area contributed by atoms with E-state index in [1.165, 1.54) is 62.0 Å². The second-order valence-electron chi connectivity index (χ2n) is 8.49. The summed E-state index contributed by atoms with van der Waals surface area (Å²) in [6, 6.07) is 33.1. The van der Waals surface area contributed by atoms with Crippen molar-refractivity contribution in [2.75, 3.05) is 5.32 Å². The molecule has 0 aromatic heterocycles. The van der Waals surface area contributed by atoms with Crippen LogP contribution in [0.15, 0.2) is 111 Å². The number of hydrogen-bond acceptors (Lipinski definition) is 3. The Labute approximate surface area is 206 Å². The van der Waals surface area contributed by atoms with Crippen molar-refractivity contribution in [1.82, 2.24) is 0 Å². The minimum absolute atomic E-state index is 1.13. The Hall–Kier alpha value is -2.62. The Morgan fingerprint density at radius 1 is 0.636 bits per heavy atom. The molecule has 0 saturated carbocycles. The van der Waals surface area contributed by atoms with Crippen LogP contribution in [0.5, 0.6) is 0 Å². The molecule has 1 aliphatic heterocycles. The van der Waals surface area contributed by atoms with Crippen LogP contribution in [-0.2, 0) is 6.42 Å². The van der Waals surface area contributed by atoms with E-state index in [-0.39, 0.29) is 0 Å². The largest absolute Gasteiger partial charge is 0.355 e. The lowest BCUT2D eigenvalue weighted by Crippen LogP contribution is -1.97. The second-order valence-corrected chi connectivity index (χ2v) is 10.7. The summed E-state index contributed by atoms with van der Waals surface area (Å²) in [4.78, 5) is 5.33. The van der Waals surface area contributed by atoms with Crippen LogP contribution in [0.4, 0.5) is 11.4 Å². The van der Waals surface area contributed by atoms with Crippen molar-refractivity contribution < 1.29 is 0 Å². The maximum atomic E-state index is 3.73. The number of benzene rings is 4. The smallest absolute Gasteiger partial charge is 0.0464 e. The third-order valence-electron chi connectivity index (χ3n) is 6.00. The Morgan fingerprint density at radius 3 is 2.15 bits per heavy atom. The predicted octanol–water partition coefficient (Wildman–Crippen LogP) is 9.84. The topological polar surface area (TPSA) is 12.0 Å². The summed E-state index contributed by atoms with van der Waals surface area (Å²) < 4.78 is 0. The highest BCUT2D eigenvalue weighted by Crippen LogP contribution is 2.49. The van der Waals surface area contributed by atoms with E-state index in [4.69, 9.17) is 0 Å². The van der Waals surface area contributed by atoms with Gasteiger partial charge >= 0.3 is 0 Å². The molecule has 1 N–H and O–H groups in total. The summed E-state index contributed by atoms with van der Waals surface area (Å²) in [5, 5.41) is 3.73. The second kappa shape index (κ2) is 10.5. The average molecular weight is 468 g/mol. The van der Waals surface area contributed by atoms with Gasteiger partial charge in [-0.3, -0.25) is 0 Å². The molecule has 166 valence electrons. The number of aryl methyl sites for hydroxylation is 1. The fourth-order valence-corrected chi connectivity index (χ4v) is 6.48. The number of fused-ring (bicyclic) bond motifs is 2. The van der Waals surface area contributed by atoms with Gasteiger partial charge in [-0.05, 0) is 66.4 Å². The molecule has 0 radical (unpaired) electrons. The van der Waals surface area contributed by atoms with Crippen LogP contribution >= 0.6 is 23.5 Å². The zero-order chi connectivity index (χ0) is 22.5. The van der Waals surface area contributed by atoms with Gasteiger partial charge in [-0.2, -0.15) is 0 Å². The van der Waals surface area contributed by atoms with Gasteiger partial charge in [0.05, 0.1) is 0 Å². The number of rotatable bonds is 8. The monoisotopic (exact) mass is 467 g/mol. The van der Waals surface area contributed by atoms with Gasteiger partial charge in [-0.15, -0.1) is 0 Å². The van der Waals surface area contributed by atoms with E-state index >= 15 is 0 Å². The molecule has 0 bridgehead atoms. The van der Waals surface area contributed by atoms with Gasteiger partial charge < -0.3 is 5.32 Å². The van der Waals surface area contributed by atoms with E-state index in [9.17, 15) is 0 Å². The van der Waals surface area contributed by atoms with Gasteiger partial charge in [-0.25, -0.2) is 0 Å². The standard InChI is InChI=1S/C30H29NS2/c1-2-3-4-6-11-22-16-18-26(25(20-22)23-12-7-5-8-13-23)31-24-17-19-29-30(21-24)33-28-15-10-9-14-27(28)32-29/h5,7-10,12-21,31H,2-4,6,11H2,1H3. The quantitative estimate of drug-likeness (QED) is 0.228. The van der Waals surface area contributed by atoms with E-state index in [0.717, 1.165) is 17.8 Å². The molecule has 4 aromatic rings. The summed E-state index contributed by atoms with van der Waals surface area (Å²) in [5.74, 6) is 0. The number of nitrogens with one attached hydrogen (secondary N) is 1. The van der Waals surface area contributed by atoms with Gasteiger partial charge in [0.15, 0.2) is 0 Å². The Morgan fingerprint density at radius 2 is 1.36 bits per heavy atom. The summed E-state index contributed by atoms with van der Waals surface area (Å²) in [6.45, 7) is 2.27. The molecule has 1 nitrogen and oxygen atoms in total. The first-order chi connectivity index (χ1) is 16.3. The molecule has 0 atom stereocenters. The highest BCUT2D eigenvalue weighted by Gasteiger charge is 2.17. The van der Waals surface area contributed by atoms with Crippen molar-refractivity contribution in [2.45, 2.75) is 58.6 Å². The van der Waals surface area contributed by atoms with Crippen LogP contribution < -0.4 is 5.32 Å². The van der Waals surface area contributed by atoms with Crippen molar-refractivity contribution in [1.29, 1.82) is 0 Å². The van der Waals surface area contributed by atoms with Crippen LogP contribution in [0.2, 0.25) is 0 Å². The van der Waals surface area contributed by atoms with Gasteiger partial charge in [0.1, 0.15) is 0 Å². The van der Waals surface area contributed by atoms with E-state index < -0.39 is 0 Å². The summed E-state index contributed by atoms with van der Waals surface area (Å²) in [6.07, 6.45) is 6.32. The molecule has 3 heteroatoms. The van der Waals surface area contributed by atoms with Gasteiger partial charge in [-0.1, -0.05) is 98.2 Å². The first-order valence-electron chi connectivity index (χ1n) is 11.8. The van der Waals surface area contributed by atoms with Crippen molar-refractivity contribution in [2.24, 2.45) is 0 Å². The Bertz CT molecular complexity index is 1230. The summed E-state index contributed by atoms with van der Waals surface area (Å²) in [7, 11) is 0. The molecular weight excluding hydrogens is 438 g/mol. The molecule has 0 spiro atoms. The Balaban J connectivity index is 1.41. The molecule has 0 aliphatic carbocycles. The molecule has 33 heavy (non-hydrogen) atoms. The molecular formula is C30H29NS2. The lowest BCUT2D eigenvalue weighted by molar-refractivity contribution is 0.667. The van der Waals surface area contributed by atoms with E-state index in [0.29, 0.717) is 0 Å². The molecule has 0 amide bonds. The molecule has 0 fully saturated rings. The third kappa shape index (κ3) is 5.31. The maximum Gasteiger partial charge on any atom is 0.0464 e. The van der Waals surface area contributed by atoms with Gasteiger partial charge in [0, 0.05) is 36.5 Å². The minimum Gasteiger partial charge on any atom is -0.355 e. The number of hydrogen-bond donors (Lipinski definition) is 1. The first-order valence-corrected chi connectivity index (χ1v) is 13.5. The van der Waals surface area contributed by atoms with Crippen LogP contribution in [0.25, 0.3) is 11.1 Å². The highest BCUT2D eigenvalue weighted by atomic mass is 32.2. The summed E-state index contributed by atoms with van der Waals surface area (Å²) in [5.41, 5.74) is 6.24. The fourth-order valence-electron chi connectivity index (χ4n) is 4.23. The van der Waals surface area contributed by atoms with Gasteiger partial charge in [0.2, 0.25) is 0 Å². The maximum absolute atomic E-state index is 3.73. The third-order valence-corrected chi connectivity index (χ3v) is 8.54. The van der Waals surface area contributed by atoms with E-state index in [1.807, 2.05) is 23.5 Å². The highest BCUT2D eigenvalue weighted by molar-refractivity contribution is 8.05. The summed E-state index contributed by atoms with van der Waals surface area (Å²) >= 11 is 3.72. The molecule has 4 aromatic carbocycles. The minimum atomic E-state index is 1.13. The van der Waals surface area contributed by atoms with Crippen molar-refractivity contribution in [3.8, 4) is 11.1 Å². The average Bonchev–Trinajstić information content (AvgIpc) is 2.86. The van der Waals surface area contributed by atoms with Crippen LogP contribution in [0.3, 0.4) is 0 Å². The molecule has 0 saturated heterocycles. The fraction of sp³-hybridized carbons (Fsp3) is 0.200. The predicted molar refractivity (Wildman–Crippen MR) is 144 cm³/mol. The van der Waals surface area contributed by atoms with Crippen molar-refractivity contribution in [3.63, 3.8) is 0 Å². The van der Waals surface area contributed by atoms with Crippen molar-refractivity contribution >= 4 is 34.9 Å². The Kier molecular flexibility index (Phi) is 7.09. The van der Waals surface area contributed by atoms with Crippen molar-refractivity contribution in [3.05, 3.63) is 96.6 Å². The number of unbranched alkanes of at least 4 members (excludes halogenated alkanes) is 3. The molecule has 5 rings (SSSR count). The zero-order valence-electron chi connectivity index (χ0n) is 19.0. The lowest BCUT2D eigenvalue weighted by Gasteiger charge is -2.20. The van der Waals surface area contributed by atoms with Crippen LogP contribution in [0, 0.1) is 0 Å². The molecule has 1 heterocycles. The van der Waals surface area contributed by atoms with Crippen LogP contribution in [0.1, 0.15) is 38.2 Å². The lowest BCUT2D eigenvalue weighted by atomic mass is 9.98. The van der Waals surface area contributed by atoms with Crippen LogP contribution in [-0.4, -0.2) is 0 Å². The normalized spacial score (nSPS) is 12.2. The van der Waals surface area contributed by atoms with E-state index in [2.05, 4.69) is 103 Å². The molecule has 0 unspecified atom stereocenters. The zero-order valence-corrected chi connectivity index (χ0v) is 20.6. The van der Waals surface area contributed by atoms with Gasteiger partial charge in [0.25, 0.3) is 0 Å². The number of anilines is 2. The first kappa shape index (κ1) is 22.2. The van der Waals surface area contributed by atoms with E-state index in [1.54, 1.807) is 0 Å².